The molecule has 16 heavy (non-hydrogen) atoms. The van der Waals surface area contributed by atoms with Crippen molar-refractivity contribution in [2.24, 2.45) is 0 Å². The second-order valence-corrected chi connectivity index (χ2v) is 3.33. The molecular formula is C12H12O4. The third-order valence-corrected chi connectivity index (χ3v) is 2.36. The summed E-state index contributed by atoms with van der Waals surface area (Å²) in [5.41, 5.74) is 1.39. The van der Waals surface area contributed by atoms with E-state index in [2.05, 4.69) is 4.74 Å². The minimum absolute atomic E-state index is 0.213. The Labute approximate surface area is 92.8 Å². The van der Waals surface area contributed by atoms with Gasteiger partial charge in [0.2, 0.25) is 5.76 Å². The van der Waals surface area contributed by atoms with Gasteiger partial charge in [-0.05, 0) is 6.07 Å². The number of methoxy groups -OCH3 is 2. The Morgan fingerprint density at radius 2 is 2.06 bits per heavy atom. The monoisotopic (exact) mass is 220 g/mol. The predicted molar refractivity (Wildman–Crippen MR) is 58.3 cm³/mol. The Balaban J connectivity index is 2.62. The molecule has 0 aliphatic rings. The number of carbonyl (C=O) groups is 1. The molecule has 0 N–H and O–H groups in total. The predicted octanol–water partition coefficient (Wildman–Crippen LogP) is 2.37. The second kappa shape index (κ2) is 4.37. The van der Waals surface area contributed by atoms with Crippen molar-refractivity contribution in [3.05, 3.63) is 35.6 Å². The minimum atomic E-state index is -0.483. The van der Waals surface area contributed by atoms with Gasteiger partial charge < -0.3 is 13.9 Å². The zero-order valence-corrected chi connectivity index (χ0v) is 9.15. The third kappa shape index (κ3) is 1.67. The second-order valence-electron chi connectivity index (χ2n) is 3.33. The lowest BCUT2D eigenvalue weighted by Gasteiger charge is -1.99. The smallest absolute Gasteiger partial charge is 0.374 e. The van der Waals surface area contributed by atoms with Crippen LogP contribution in [0.2, 0.25) is 0 Å². The summed E-state index contributed by atoms with van der Waals surface area (Å²) in [5.74, 6) is -0.270. The lowest BCUT2D eigenvalue weighted by molar-refractivity contribution is 0.0561. The van der Waals surface area contributed by atoms with E-state index < -0.39 is 5.97 Å². The van der Waals surface area contributed by atoms with Gasteiger partial charge in [0.1, 0.15) is 5.58 Å². The van der Waals surface area contributed by atoms with Crippen LogP contribution in [0, 0.1) is 0 Å². The Morgan fingerprint density at radius 1 is 1.31 bits per heavy atom. The summed E-state index contributed by atoms with van der Waals surface area (Å²) in [5, 5.41) is 0.879. The number of hydrogen-bond donors (Lipinski definition) is 0. The molecule has 0 unspecified atom stereocenters. The van der Waals surface area contributed by atoms with Crippen LogP contribution in [0.25, 0.3) is 11.0 Å². The third-order valence-electron chi connectivity index (χ3n) is 2.36. The highest BCUT2D eigenvalue weighted by atomic mass is 16.5. The van der Waals surface area contributed by atoms with Gasteiger partial charge in [0.25, 0.3) is 0 Å². The zero-order chi connectivity index (χ0) is 11.5. The molecule has 0 fully saturated rings. The number of benzene rings is 1. The molecule has 1 aromatic carbocycles. The number of ether oxygens (including phenoxy) is 2. The van der Waals surface area contributed by atoms with Gasteiger partial charge in [-0.2, -0.15) is 0 Å². The first-order valence-electron chi connectivity index (χ1n) is 4.85. The molecule has 1 heterocycles. The maximum absolute atomic E-state index is 11.5. The van der Waals surface area contributed by atoms with Gasteiger partial charge in [-0.15, -0.1) is 0 Å². The molecular weight excluding hydrogens is 208 g/mol. The summed E-state index contributed by atoms with van der Waals surface area (Å²) in [6.07, 6.45) is 0. The molecule has 0 spiro atoms. The van der Waals surface area contributed by atoms with Gasteiger partial charge in [0.05, 0.1) is 13.7 Å². The maximum Gasteiger partial charge on any atom is 0.374 e. The standard InChI is InChI=1S/C12H12O4/c1-14-7-9-8-5-3-4-6-10(8)16-11(9)12(13)15-2/h3-6H,7H2,1-2H3. The van der Waals surface area contributed by atoms with Gasteiger partial charge in [-0.1, -0.05) is 18.2 Å². The van der Waals surface area contributed by atoms with E-state index >= 15 is 0 Å². The first kappa shape index (κ1) is 10.7. The van der Waals surface area contributed by atoms with E-state index in [9.17, 15) is 4.79 Å². The number of para-hydroxylation sites is 1. The SMILES string of the molecule is COCc1c(C(=O)OC)oc2ccccc12. The highest BCUT2D eigenvalue weighted by Gasteiger charge is 2.20. The summed E-state index contributed by atoms with van der Waals surface area (Å²) in [6.45, 7) is 0.321. The average Bonchev–Trinajstić information content (AvgIpc) is 2.68. The van der Waals surface area contributed by atoms with Crippen LogP contribution in [-0.2, 0) is 16.1 Å². The van der Waals surface area contributed by atoms with E-state index in [0.717, 1.165) is 10.9 Å². The van der Waals surface area contributed by atoms with Crippen LogP contribution in [0.1, 0.15) is 16.1 Å². The summed E-state index contributed by atoms with van der Waals surface area (Å²) in [7, 11) is 2.90. The van der Waals surface area contributed by atoms with Crippen LogP contribution in [0.15, 0.2) is 28.7 Å². The van der Waals surface area contributed by atoms with E-state index in [0.29, 0.717) is 12.2 Å². The average molecular weight is 220 g/mol. The molecule has 4 heteroatoms. The molecule has 84 valence electrons. The van der Waals surface area contributed by atoms with Crippen molar-refractivity contribution in [1.82, 2.24) is 0 Å². The summed E-state index contributed by atoms with van der Waals surface area (Å²) in [4.78, 5) is 11.5. The Bertz CT molecular complexity index is 513. The van der Waals surface area contributed by atoms with Crippen LogP contribution in [0.5, 0.6) is 0 Å². The molecule has 0 aliphatic heterocycles. The van der Waals surface area contributed by atoms with Crippen molar-refractivity contribution in [2.75, 3.05) is 14.2 Å². The van der Waals surface area contributed by atoms with Crippen molar-refractivity contribution in [2.45, 2.75) is 6.61 Å². The zero-order valence-electron chi connectivity index (χ0n) is 9.15. The van der Waals surface area contributed by atoms with Crippen LogP contribution in [0.4, 0.5) is 0 Å². The molecule has 0 radical (unpaired) electrons. The van der Waals surface area contributed by atoms with E-state index in [1.54, 1.807) is 13.2 Å². The van der Waals surface area contributed by atoms with Crippen LogP contribution < -0.4 is 0 Å². The van der Waals surface area contributed by atoms with Crippen molar-refractivity contribution in [3.8, 4) is 0 Å². The molecule has 1 aromatic heterocycles. The summed E-state index contributed by atoms with van der Waals surface area (Å²) < 4.78 is 15.2. The lowest BCUT2D eigenvalue weighted by Crippen LogP contribution is -2.03. The number of furan rings is 1. The van der Waals surface area contributed by atoms with Crippen molar-refractivity contribution in [3.63, 3.8) is 0 Å². The number of carbonyl (C=O) groups excluding carboxylic acids is 1. The molecule has 0 atom stereocenters. The first-order chi connectivity index (χ1) is 7.77. The number of hydrogen-bond acceptors (Lipinski definition) is 4. The molecule has 0 aliphatic carbocycles. The fourth-order valence-corrected chi connectivity index (χ4v) is 1.64. The lowest BCUT2D eigenvalue weighted by atomic mass is 10.1. The fourth-order valence-electron chi connectivity index (χ4n) is 1.64. The van der Waals surface area contributed by atoms with Gasteiger partial charge in [-0.25, -0.2) is 4.79 Å². The number of rotatable bonds is 3. The van der Waals surface area contributed by atoms with E-state index in [1.807, 2.05) is 18.2 Å². The molecule has 0 saturated heterocycles. The Hall–Kier alpha value is -1.81. The number of esters is 1. The minimum Gasteiger partial charge on any atom is -0.463 e. The van der Waals surface area contributed by atoms with Crippen molar-refractivity contribution >= 4 is 16.9 Å². The van der Waals surface area contributed by atoms with Gasteiger partial charge >= 0.3 is 5.97 Å². The highest BCUT2D eigenvalue weighted by Crippen LogP contribution is 2.26. The normalized spacial score (nSPS) is 10.6. The number of fused-ring (bicyclic) bond motifs is 1. The first-order valence-corrected chi connectivity index (χ1v) is 4.85. The van der Waals surface area contributed by atoms with E-state index in [-0.39, 0.29) is 5.76 Å². The van der Waals surface area contributed by atoms with Crippen molar-refractivity contribution in [1.29, 1.82) is 0 Å². The largest absolute Gasteiger partial charge is 0.463 e. The topological polar surface area (TPSA) is 48.7 Å². The summed E-state index contributed by atoms with van der Waals surface area (Å²) >= 11 is 0. The van der Waals surface area contributed by atoms with Gasteiger partial charge in [-0.3, -0.25) is 0 Å². The Kier molecular flexibility index (Phi) is 2.92. The molecule has 0 amide bonds. The maximum atomic E-state index is 11.5. The molecule has 0 bridgehead atoms. The fraction of sp³-hybridized carbons (Fsp3) is 0.250. The molecule has 0 saturated carbocycles. The summed E-state index contributed by atoms with van der Waals surface area (Å²) in [6, 6.07) is 7.43. The quantitative estimate of drug-likeness (QED) is 0.745. The van der Waals surface area contributed by atoms with Crippen LogP contribution in [-0.4, -0.2) is 20.2 Å². The molecule has 4 nitrogen and oxygen atoms in total. The van der Waals surface area contributed by atoms with Crippen LogP contribution in [0.3, 0.4) is 0 Å². The van der Waals surface area contributed by atoms with E-state index in [1.165, 1.54) is 7.11 Å². The molecule has 2 rings (SSSR count). The van der Waals surface area contributed by atoms with Gasteiger partial charge in [0, 0.05) is 18.1 Å². The highest BCUT2D eigenvalue weighted by molar-refractivity contribution is 5.95. The van der Waals surface area contributed by atoms with Crippen molar-refractivity contribution < 1.29 is 18.7 Å². The van der Waals surface area contributed by atoms with Gasteiger partial charge in [0.15, 0.2) is 0 Å². The van der Waals surface area contributed by atoms with Crippen LogP contribution >= 0.6 is 0 Å². The molecule has 2 aromatic rings. The van der Waals surface area contributed by atoms with E-state index in [4.69, 9.17) is 9.15 Å². The Morgan fingerprint density at radius 3 is 2.75 bits per heavy atom.